The summed E-state index contributed by atoms with van der Waals surface area (Å²) in [6.45, 7) is 9.12. The van der Waals surface area contributed by atoms with Gasteiger partial charge in [-0.3, -0.25) is 4.90 Å². The van der Waals surface area contributed by atoms with Crippen molar-refractivity contribution in [3.05, 3.63) is 23.2 Å². The number of furan rings is 1. The van der Waals surface area contributed by atoms with Gasteiger partial charge in [0.25, 0.3) is 0 Å². The second-order valence-corrected chi connectivity index (χ2v) is 5.39. The number of carboxylic acids is 1. The first-order chi connectivity index (χ1) is 8.31. The molecular weight excluding hydrogens is 230 g/mol. The maximum atomic E-state index is 10.8. The maximum Gasteiger partial charge on any atom is 0.371 e. The van der Waals surface area contributed by atoms with E-state index in [0.29, 0.717) is 17.7 Å². The van der Waals surface area contributed by atoms with Crippen molar-refractivity contribution < 1.29 is 14.3 Å². The quantitative estimate of drug-likeness (QED) is 0.846. The van der Waals surface area contributed by atoms with Crippen LogP contribution in [0.15, 0.2) is 10.5 Å². The van der Waals surface area contributed by atoms with Crippen molar-refractivity contribution in [2.45, 2.75) is 46.7 Å². The van der Waals surface area contributed by atoms with Crippen molar-refractivity contribution in [1.82, 2.24) is 4.90 Å². The molecular formula is C14H23NO3. The van der Waals surface area contributed by atoms with Crippen LogP contribution in [0, 0.1) is 12.8 Å². The summed E-state index contributed by atoms with van der Waals surface area (Å²) in [6.07, 6.45) is 1.12. The first-order valence-electron chi connectivity index (χ1n) is 6.34. The molecule has 1 aromatic rings. The van der Waals surface area contributed by atoms with Crippen LogP contribution in [0.5, 0.6) is 0 Å². The van der Waals surface area contributed by atoms with Gasteiger partial charge in [0.2, 0.25) is 5.76 Å². The lowest BCUT2D eigenvalue weighted by Crippen LogP contribution is -2.29. The number of carboxylic acid groups (broad SMARTS) is 1. The van der Waals surface area contributed by atoms with Crippen molar-refractivity contribution >= 4 is 5.97 Å². The van der Waals surface area contributed by atoms with Gasteiger partial charge in [0.05, 0.1) is 0 Å². The highest BCUT2D eigenvalue weighted by molar-refractivity contribution is 5.84. The zero-order chi connectivity index (χ0) is 13.9. The van der Waals surface area contributed by atoms with E-state index in [4.69, 9.17) is 9.52 Å². The van der Waals surface area contributed by atoms with Gasteiger partial charge in [0.1, 0.15) is 5.76 Å². The Morgan fingerprint density at radius 3 is 2.50 bits per heavy atom. The molecule has 1 N–H and O–H groups in total. The Labute approximate surface area is 109 Å². The average molecular weight is 253 g/mol. The summed E-state index contributed by atoms with van der Waals surface area (Å²) < 4.78 is 5.21. The molecule has 1 rings (SSSR count). The smallest absolute Gasteiger partial charge is 0.371 e. The number of nitrogens with zero attached hydrogens (tertiary/aromatic N) is 1. The number of rotatable bonds is 6. The SMILES string of the molecule is Cc1oc(C(=O)O)cc1CN(C)C(C)CC(C)C. The van der Waals surface area contributed by atoms with Gasteiger partial charge in [-0.25, -0.2) is 4.79 Å². The summed E-state index contributed by atoms with van der Waals surface area (Å²) in [7, 11) is 2.06. The molecule has 0 amide bonds. The molecule has 0 aliphatic carbocycles. The van der Waals surface area contributed by atoms with E-state index in [9.17, 15) is 4.79 Å². The summed E-state index contributed by atoms with van der Waals surface area (Å²) in [4.78, 5) is 13.0. The average Bonchev–Trinajstić information content (AvgIpc) is 2.59. The molecule has 4 heteroatoms. The Balaban J connectivity index is 2.69. The molecule has 0 spiro atoms. The van der Waals surface area contributed by atoms with Crippen molar-refractivity contribution in [3.8, 4) is 0 Å². The third-order valence-electron chi connectivity index (χ3n) is 3.22. The normalized spacial score (nSPS) is 13.3. The van der Waals surface area contributed by atoms with E-state index in [1.165, 1.54) is 0 Å². The van der Waals surface area contributed by atoms with E-state index >= 15 is 0 Å². The molecule has 1 unspecified atom stereocenters. The van der Waals surface area contributed by atoms with E-state index in [2.05, 4.69) is 32.7 Å². The fourth-order valence-corrected chi connectivity index (χ4v) is 2.07. The molecule has 1 heterocycles. The van der Waals surface area contributed by atoms with Crippen molar-refractivity contribution in [3.63, 3.8) is 0 Å². The van der Waals surface area contributed by atoms with Gasteiger partial charge >= 0.3 is 5.97 Å². The summed E-state index contributed by atoms with van der Waals surface area (Å²) in [5, 5.41) is 8.88. The highest BCUT2D eigenvalue weighted by Gasteiger charge is 2.17. The fraction of sp³-hybridized carbons (Fsp3) is 0.643. The van der Waals surface area contributed by atoms with Gasteiger partial charge < -0.3 is 9.52 Å². The van der Waals surface area contributed by atoms with E-state index in [1.807, 2.05) is 6.92 Å². The molecule has 1 aromatic heterocycles. The van der Waals surface area contributed by atoms with Crippen LogP contribution in [0.1, 0.15) is 49.1 Å². The zero-order valence-electron chi connectivity index (χ0n) is 11.9. The molecule has 4 nitrogen and oxygen atoms in total. The minimum absolute atomic E-state index is 0.0208. The molecule has 0 radical (unpaired) electrons. The van der Waals surface area contributed by atoms with E-state index < -0.39 is 5.97 Å². The molecule has 1 atom stereocenters. The Hall–Kier alpha value is -1.29. The molecule has 0 saturated heterocycles. The third kappa shape index (κ3) is 3.88. The van der Waals surface area contributed by atoms with Crippen LogP contribution in [0.2, 0.25) is 0 Å². The van der Waals surface area contributed by atoms with Gasteiger partial charge in [-0.2, -0.15) is 0 Å². The number of aryl methyl sites for hydroxylation is 1. The Bertz CT molecular complexity index is 409. The van der Waals surface area contributed by atoms with Gasteiger partial charge in [0.15, 0.2) is 0 Å². The van der Waals surface area contributed by atoms with Crippen molar-refractivity contribution in [1.29, 1.82) is 0 Å². The second kappa shape index (κ2) is 6.05. The predicted molar refractivity (Wildman–Crippen MR) is 70.8 cm³/mol. The van der Waals surface area contributed by atoms with E-state index in [1.54, 1.807) is 6.07 Å². The molecule has 0 aromatic carbocycles. The van der Waals surface area contributed by atoms with Crippen LogP contribution >= 0.6 is 0 Å². The molecule has 0 bridgehead atoms. The van der Waals surface area contributed by atoms with Crippen LogP contribution in [0.3, 0.4) is 0 Å². The number of hydrogen-bond donors (Lipinski definition) is 1. The van der Waals surface area contributed by atoms with Crippen LogP contribution in [0.25, 0.3) is 0 Å². The van der Waals surface area contributed by atoms with Gasteiger partial charge in [0, 0.05) is 18.2 Å². The first-order valence-corrected chi connectivity index (χ1v) is 6.34. The zero-order valence-corrected chi connectivity index (χ0v) is 11.9. The second-order valence-electron chi connectivity index (χ2n) is 5.39. The molecule has 0 saturated carbocycles. The first kappa shape index (κ1) is 14.8. The molecule has 0 fully saturated rings. The highest BCUT2D eigenvalue weighted by Crippen LogP contribution is 2.19. The third-order valence-corrected chi connectivity index (χ3v) is 3.22. The minimum atomic E-state index is -1.01. The topological polar surface area (TPSA) is 53.7 Å². The molecule has 18 heavy (non-hydrogen) atoms. The minimum Gasteiger partial charge on any atom is -0.475 e. The standard InChI is InChI=1S/C14H23NO3/c1-9(2)6-10(3)15(5)8-12-7-13(14(16)17)18-11(12)4/h7,9-10H,6,8H2,1-5H3,(H,16,17). The van der Waals surface area contributed by atoms with E-state index in [-0.39, 0.29) is 5.76 Å². The van der Waals surface area contributed by atoms with Crippen molar-refractivity contribution in [2.75, 3.05) is 7.05 Å². The summed E-state index contributed by atoms with van der Waals surface area (Å²) in [5.41, 5.74) is 0.950. The lowest BCUT2D eigenvalue weighted by atomic mass is 10.0. The Morgan fingerprint density at radius 2 is 2.06 bits per heavy atom. The van der Waals surface area contributed by atoms with E-state index in [0.717, 1.165) is 18.5 Å². The molecule has 0 aliphatic rings. The number of aromatic carboxylic acids is 1. The largest absolute Gasteiger partial charge is 0.475 e. The van der Waals surface area contributed by atoms with Crippen LogP contribution in [-0.4, -0.2) is 29.1 Å². The van der Waals surface area contributed by atoms with Gasteiger partial charge in [-0.05, 0) is 39.3 Å². The number of carbonyl (C=O) groups is 1. The summed E-state index contributed by atoms with van der Waals surface area (Å²) in [6, 6.07) is 2.09. The van der Waals surface area contributed by atoms with Crippen LogP contribution < -0.4 is 0 Å². The Kier molecular flexibility index (Phi) is 4.96. The van der Waals surface area contributed by atoms with Crippen LogP contribution in [-0.2, 0) is 6.54 Å². The fourth-order valence-electron chi connectivity index (χ4n) is 2.07. The summed E-state index contributed by atoms with van der Waals surface area (Å²) >= 11 is 0. The van der Waals surface area contributed by atoms with Crippen molar-refractivity contribution in [2.24, 2.45) is 5.92 Å². The van der Waals surface area contributed by atoms with Gasteiger partial charge in [-0.15, -0.1) is 0 Å². The lowest BCUT2D eigenvalue weighted by Gasteiger charge is -2.25. The lowest BCUT2D eigenvalue weighted by molar-refractivity contribution is 0.0661. The van der Waals surface area contributed by atoms with Crippen LogP contribution in [0.4, 0.5) is 0 Å². The monoisotopic (exact) mass is 253 g/mol. The molecule has 0 aliphatic heterocycles. The number of hydrogen-bond acceptors (Lipinski definition) is 3. The molecule has 102 valence electrons. The summed E-state index contributed by atoms with van der Waals surface area (Å²) in [5.74, 6) is 0.355. The highest BCUT2D eigenvalue weighted by atomic mass is 16.4. The Morgan fingerprint density at radius 1 is 1.44 bits per heavy atom. The maximum absolute atomic E-state index is 10.8. The van der Waals surface area contributed by atoms with Gasteiger partial charge in [-0.1, -0.05) is 13.8 Å². The predicted octanol–water partition coefficient (Wildman–Crippen LogP) is 3.15.